The molecule has 174 valence electrons. The van der Waals surface area contributed by atoms with Crippen molar-refractivity contribution in [1.29, 1.82) is 0 Å². The van der Waals surface area contributed by atoms with Gasteiger partial charge in [-0.3, -0.25) is 15.1 Å². The SMILES string of the molecule is NCc1ccc(Cl)cc1CNC(=O)Cc1c(Cl)ccc(NCC(F)(F)c2ccccn2)[n+]1[O-]. The molecular weight excluding hydrogens is 475 g/mol. The number of hydrogen-bond donors (Lipinski definition) is 3. The van der Waals surface area contributed by atoms with Gasteiger partial charge in [-0.05, 0) is 41.5 Å². The van der Waals surface area contributed by atoms with Gasteiger partial charge < -0.3 is 16.3 Å². The molecule has 2 heterocycles. The van der Waals surface area contributed by atoms with E-state index in [2.05, 4.69) is 15.6 Å². The molecule has 0 radical (unpaired) electrons. The summed E-state index contributed by atoms with van der Waals surface area (Å²) < 4.78 is 29.1. The maximum atomic E-state index is 14.4. The van der Waals surface area contributed by atoms with Gasteiger partial charge in [0.05, 0.1) is 11.4 Å². The second-order valence-corrected chi connectivity index (χ2v) is 7.99. The van der Waals surface area contributed by atoms with E-state index in [1.807, 2.05) is 0 Å². The molecule has 3 aromatic rings. The van der Waals surface area contributed by atoms with Crippen LogP contribution < -0.4 is 21.1 Å². The van der Waals surface area contributed by atoms with Crippen molar-refractivity contribution in [2.24, 2.45) is 5.73 Å². The lowest BCUT2D eigenvalue weighted by Gasteiger charge is -2.18. The molecule has 3 rings (SSSR count). The number of carbonyl (C=O) groups is 1. The van der Waals surface area contributed by atoms with Crippen LogP contribution >= 0.6 is 23.2 Å². The van der Waals surface area contributed by atoms with E-state index in [0.717, 1.165) is 11.1 Å². The minimum absolute atomic E-state index is 0.0348. The minimum Gasteiger partial charge on any atom is -0.710 e. The van der Waals surface area contributed by atoms with Crippen molar-refractivity contribution in [2.75, 3.05) is 11.9 Å². The number of benzene rings is 1. The number of anilines is 1. The molecule has 0 spiro atoms. The zero-order valence-corrected chi connectivity index (χ0v) is 18.8. The normalized spacial score (nSPS) is 11.3. The lowest BCUT2D eigenvalue weighted by Crippen LogP contribution is -2.40. The van der Waals surface area contributed by atoms with Crippen LogP contribution in [0.1, 0.15) is 22.5 Å². The molecule has 0 saturated heterocycles. The number of nitrogens with one attached hydrogen (secondary N) is 2. The second-order valence-electron chi connectivity index (χ2n) is 7.15. The summed E-state index contributed by atoms with van der Waals surface area (Å²) in [4.78, 5) is 16.1. The molecule has 4 N–H and O–H groups in total. The van der Waals surface area contributed by atoms with E-state index in [0.29, 0.717) is 9.75 Å². The number of nitrogens with two attached hydrogens (primary N) is 1. The first kappa shape index (κ1) is 24.6. The number of pyridine rings is 2. The van der Waals surface area contributed by atoms with Gasteiger partial charge in [-0.25, -0.2) is 4.73 Å². The number of hydrogen-bond acceptors (Lipinski definition) is 5. The van der Waals surface area contributed by atoms with E-state index in [1.54, 1.807) is 18.2 Å². The maximum absolute atomic E-state index is 14.4. The molecule has 0 aliphatic rings. The molecule has 11 heteroatoms. The Balaban J connectivity index is 1.68. The molecule has 0 aliphatic carbocycles. The zero-order valence-electron chi connectivity index (χ0n) is 17.3. The van der Waals surface area contributed by atoms with Gasteiger partial charge in [-0.15, -0.1) is 0 Å². The summed E-state index contributed by atoms with van der Waals surface area (Å²) in [5.41, 5.74) is 6.75. The standard InChI is InChI=1S/C22H21Cl2F2N5O2/c23-16-5-4-14(11-27)15(9-16)12-29-21(32)10-18-17(24)6-7-20(31(18)33)30-13-22(25,26)19-3-1-2-8-28-19/h1-9,30H,10-13,27H2,(H,29,32). The fraction of sp³-hybridized carbons (Fsp3) is 0.227. The molecule has 1 aromatic carbocycles. The average molecular weight is 496 g/mol. The van der Waals surface area contributed by atoms with E-state index in [1.165, 1.54) is 36.5 Å². The van der Waals surface area contributed by atoms with Crippen LogP contribution in [0, 0.1) is 5.21 Å². The van der Waals surface area contributed by atoms with E-state index in [-0.39, 0.29) is 36.0 Å². The molecule has 0 saturated carbocycles. The van der Waals surface area contributed by atoms with Crippen LogP contribution in [0.2, 0.25) is 10.0 Å². The smallest absolute Gasteiger partial charge is 0.325 e. The van der Waals surface area contributed by atoms with Crippen molar-refractivity contribution in [3.05, 3.63) is 92.5 Å². The highest BCUT2D eigenvalue weighted by Crippen LogP contribution is 2.26. The molecule has 0 bridgehead atoms. The van der Waals surface area contributed by atoms with Crippen molar-refractivity contribution in [3.63, 3.8) is 0 Å². The van der Waals surface area contributed by atoms with Gasteiger partial charge in [0.15, 0.2) is 6.54 Å². The van der Waals surface area contributed by atoms with Gasteiger partial charge in [0.25, 0.3) is 5.82 Å². The number of rotatable bonds is 9. The molecule has 7 nitrogen and oxygen atoms in total. The van der Waals surface area contributed by atoms with Crippen LogP contribution in [0.5, 0.6) is 0 Å². The number of amides is 1. The van der Waals surface area contributed by atoms with E-state index in [9.17, 15) is 18.8 Å². The van der Waals surface area contributed by atoms with Gasteiger partial charge in [-0.1, -0.05) is 35.3 Å². The summed E-state index contributed by atoms with van der Waals surface area (Å²) in [6.45, 7) is -0.446. The Morgan fingerprint density at radius 3 is 2.64 bits per heavy atom. The Labute approximate surface area is 199 Å². The van der Waals surface area contributed by atoms with Crippen LogP contribution in [0.15, 0.2) is 54.7 Å². The van der Waals surface area contributed by atoms with Gasteiger partial charge in [0, 0.05) is 30.4 Å². The first-order chi connectivity index (χ1) is 15.7. The number of carbonyl (C=O) groups excluding carboxylic acids is 1. The molecule has 0 atom stereocenters. The summed E-state index contributed by atoms with van der Waals surface area (Å²) in [6.07, 6.45) is 0.906. The monoisotopic (exact) mass is 495 g/mol. The fourth-order valence-corrected chi connectivity index (χ4v) is 3.48. The van der Waals surface area contributed by atoms with Gasteiger partial charge in [0.1, 0.15) is 11.4 Å². The highest BCUT2D eigenvalue weighted by Gasteiger charge is 2.35. The lowest BCUT2D eigenvalue weighted by atomic mass is 10.1. The summed E-state index contributed by atoms with van der Waals surface area (Å²) in [7, 11) is 0. The van der Waals surface area contributed by atoms with Crippen LogP contribution in [0.3, 0.4) is 0 Å². The number of alkyl halides is 2. The van der Waals surface area contributed by atoms with Crippen molar-refractivity contribution in [2.45, 2.75) is 25.4 Å². The molecule has 0 fully saturated rings. The largest absolute Gasteiger partial charge is 0.710 e. The average Bonchev–Trinajstić information content (AvgIpc) is 2.80. The third kappa shape index (κ3) is 6.28. The quantitative estimate of drug-likeness (QED) is 0.310. The molecule has 0 aliphatic heterocycles. The number of nitrogens with zero attached hydrogens (tertiary/aromatic N) is 2. The Hall–Kier alpha value is -3.01. The Morgan fingerprint density at radius 1 is 1.15 bits per heavy atom. The van der Waals surface area contributed by atoms with E-state index in [4.69, 9.17) is 28.9 Å². The predicted octanol–water partition coefficient (Wildman–Crippen LogP) is 3.54. The van der Waals surface area contributed by atoms with Crippen LogP contribution in [0.25, 0.3) is 0 Å². The molecule has 2 aromatic heterocycles. The van der Waals surface area contributed by atoms with Gasteiger partial charge >= 0.3 is 5.92 Å². The summed E-state index contributed by atoms with van der Waals surface area (Å²) in [6, 6.07) is 12.0. The summed E-state index contributed by atoms with van der Waals surface area (Å²) >= 11 is 12.1. The van der Waals surface area contributed by atoms with Crippen molar-refractivity contribution in [1.82, 2.24) is 10.3 Å². The third-order valence-electron chi connectivity index (χ3n) is 4.85. The molecule has 1 amide bonds. The molecule has 0 unspecified atom stereocenters. The second kappa shape index (κ2) is 10.7. The highest BCUT2D eigenvalue weighted by molar-refractivity contribution is 6.31. The van der Waals surface area contributed by atoms with Crippen molar-refractivity contribution in [3.8, 4) is 0 Å². The van der Waals surface area contributed by atoms with E-state index < -0.39 is 24.1 Å². The molecular formula is C22H21Cl2F2N5O2. The van der Waals surface area contributed by atoms with Gasteiger partial charge in [-0.2, -0.15) is 8.78 Å². The van der Waals surface area contributed by atoms with Crippen molar-refractivity contribution >= 4 is 34.9 Å². The first-order valence-corrected chi connectivity index (χ1v) is 10.6. The van der Waals surface area contributed by atoms with Gasteiger partial charge in [0.2, 0.25) is 5.91 Å². The maximum Gasteiger partial charge on any atom is 0.325 e. The van der Waals surface area contributed by atoms with E-state index >= 15 is 0 Å². The van der Waals surface area contributed by atoms with Crippen LogP contribution in [-0.2, 0) is 30.2 Å². The number of aromatic nitrogens is 2. The fourth-order valence-electron chi connectivity index (χ4n) is 3.08. The van der Waals surface area contributed by atoms with Crippen LogP contribution in [0.4, 0.5) is 14.6 Å². The topological polar surface area (TPSA) is 107 Å². The van der Waals surface area contributed by atoms with Crippen molar-refractivity contribution < 1.29 is 18.3 Å². The van der Waals surface area contributed by atoms with Crippen LogP contribution in [-0.4, -0.2) is 17.4 Å². The summed E-state index contributed by atoms with van der Waals surface area (Å²) in [5.74, 6) is -3.97. The summed E-state index contributed by atoms with van der Waals surface area (Å²) in [5, 5.41) is 18.3. The lowest BCUT2D eigenvalue weighted by molar-refractivity contribution is -0.598. The highest BCUT2D eigenvalue weighted by atomic mass is 35.5. The minimum atomic E-state index is -3.32. The Morgan fingerprint density at radius 2 is 1.94 bits per heavy atom. The zero-order chi connectivity index (χ0) is 24.0. The predicted molar refractivity (Wildman–Crippen MR) is 122 cm³/mol. The molecule has 33 heavy (non-hydrogen) atoms. The first-order valence-electron chi connectivity index (χ1n) is 9.89. The Bertz CT molecular complexity index is 1130. The Kier molecular flexibility index (Phi) is 8.01. The number of halogens is 4. The third-order valence-corrected chi connectivity index (χ3v) is 5.43.